The Hall–Kier alpha value is -4.71. The summed E-state index contributed by atoms with van der Waals surface area (Å²) in [6.07, 6.45) is -6.15. The smallest absolute Gasteiger partial charge is 0.308 e. The fourth-order valence-electron chi connectivity index (χ4n) is 5.34. The van der Waals surface area contributed by atoms with Crippen LogP contribution in [0.3, 0.4) is 0 Å². The topological polar surface area (TPSA) is 154 Å². The summed E-state index contributed by atoms with van der Waals surface area (Å²) < 4.78 is 39.9. The Morgan fingerprint density at radius 3 is 2.00 bits per heavy atom. The van der Waals surface area contributed by atoms with E-state index in [1.54, 1.807) is 18.2 Å². The van der Waals surface area contributed by atoms with Crippen molar-refractivity contribution in [2.75, 3.05) is 6.61 Å². The van der Waals surface area contributed by atoms with Gasteiger partial charge in [-0.05, 0) is 48.7 Å². The van der Waals surface area contributed by atoms with Crippen LogP contribution in [0.5, 0.6) is 5.75 Å². The zero-order valence-electron chi connectivity index (χ0n) is 26.2. The first-order valence-corrected chi connectivity index (χ1v) is 14.3. The molecule has 0 amide bonds. The maximum Gasteiger partial charge on any atom is 0.308 e. The van der Waals surface area contributed by atoms with Crippen LogP contribution in [0.4, 0.5) is 0 Å². The molecule has 0 saturated carbocycles. The van der Waals surface area contributed by atoms with E-state index in [9.17, 15) is 24.0 Å². The van der Waals surface area contributed by atoms with Crippen molar-refractivity contribution < 1.29 is 56.8 Å². The number of rotatable bonds is 9. The van der Waals surface area contributed by atoms with E-state index in [1.807, 2.05) is 32.0 Å². The lowest BCUT2D eigenvalue weighted by Crippen LogP contribution is -2.59. The van der Waals surface area contributed by atoms with Gasteiger partial charge in [-0.1, -0.05) is 18.2 Å². The molecule has 1 aromatic heterocycles. The standard InChI is InChI=1S/C33H36O12/c1-16-8-10-24-14-25(44-29(24)17(16)2)12-23-9-11-27(40-19(4)35)26(13-23)30-32(42-21(6)37)33(43-22(7)38)31(41-20(5)36)28(45-30)15-39-18(3)34/h8-11,13-14,28,30-33H,12,15H2,1-7H3/t28-,30+,31-,32+,33+/m1/s1. The summed E-state index contributed by atoms with van der Waals surface area (Å²) in [5.41, 5.74) is 3.90. The van der Waals surface area contributed by atoms with Crippen LogP contribution in [-0.2, 0) is 54.1 Å². The first-order valence-electron chi connectivity index (χ1n) is 14.3. The number of hydrogen-bond donors (Lipinski definition) is 0. The van der Waals surface area contributed by atoms with Crippen LogP contribution in [0, 0.1) is 13.8 Å². The molecule has 2 aromatic carbocycles. The molecule has 0 N–H and O–H groups in total. The molecular weight excluding hydrogens is 588 g/mol. The molecule has 0 aliphatic carbocycles. The lowest BCUT2D eigenvalue weighted by Gasteiger charge is -2.44. The number of benzene rings is 2. The number of carbonyl (C=O) groups is 5. The predicted molar refractivity (Wildman–Crippen MR) is 157 cm³/mol. The summed E-state index contributed by atoms with van der Waals surface area (Å²) in [5, 5.41) is 0.949. The van der Waals surface area contributed by atoms with Crippen molar-refractivity contribution in [2.24, 2.45) is 0 Å². The first kappa shape index (κ1) is 33.2. The molecule has 12 nitrogen and oxygen atoms in total. The summed E-state index contributed by atoms with van der Waals surface area (Å²) in [7, 11) is 0. The van der Waals surface area contributed by atoms with Gasteiger partial charge in [0.05, 0.1) is 0 Å². The Kier molecular flexibility index (Phi) is 10.3. The first-order chi connectivity index (χ1) is 21.2. The highest BCUT2D eigenvalue weighted by Crippen LogP contribution is 2.42. The molecular formula is C33H36O12. The van der Waals surface area contributed by atoms with Crippen LogP contribution in [-0.4, -0.2) is 60.9 Å². The molecule has 0 unspecified atom stereocenters. The molecule has 1 aliphatic heterocycles. The van der Waals surface area contributed by atoms with Gasteiger partial charge in [0.2, 0.25) is 0 Å². The van der Waals surface area contributed by atoms with Crippen molar-refractivity contribution in [2.45, 2.75) is 85.4 Å². The largest absolute Gasteiger partial charge is 0.463 e. The highest BCUT2D eigenvalue weighted by atomic mass is 16.7. The molecule has 0 spiro atoms. The predicted octanol–water partition coefficient (Wildman–Crippen LogP) is 4.36. The second-order valence-corrected chi connectivity index (χ2v) is 10.9. The van der Waals surface area contributed by atoms with Crippen LogP contribution in [0.2, 0.25) is 0 Å². The molecule has 1 aliphatic rings. The van der Waals surface area contributed by atoms with E-state index in [-0.39, 0.29) is 11.3 Å². The van der Waals surface area contributed by atoms with Crippen molar-refractivity contribution in [1.82, 2.24) is 0 Å². The van der Waals surface area contributed by atoms with Crippen molar-refractivity contribution in [3.63, 3.8) is 0 Å². The fraction of sp³-hybridized carbons (Fsp3) is 0.424. The Bertz CT molecular complexity index is 1620. The normalized spacial score (nSPS) is 21.1. The third-order valence-electron chi connectivity index (χ3n) is 7.26. The summed E-state index contributed by atoms with van der Waals surface area (Å²) in [4.78, 5) is 60.6. The van der Waals surface area contributed by atoms with E-state index in [4.69, 9.17) is 32.8 Å². The molecule has 1 saturated heterocycles. The zero-order chi connectivity index (χ0) is 33.0. The lowest BCUT2D eigenvalue weighted by molar-refractivity contribution is -0.254. The number of aryl methyl sites for hydroxylation is 2. The van der Waals surface area contributed by atoms with Crippen LogP contribution in [0.1, 0.15) is 68.7 Å². The average molecular weight is 625 g/mol. The quantitative estimate of drug-likeness (QED) is 0.189. The van der Waals surface area contributed by atoms with E-state index in [0.717, 1.165) is 48.4 Å². The van der Waals surface area contributed by atoms with Crippen LogP contribution >= 0.6 is 0 Å². The number of carbonyl (C=O) groups excluding carboxylic acids is 5. The van der Waals surface area contributed by atoms with Gasteiger partial charge in [-0.2, -0.15) is 0 Å². The number of esters is 5. The van der Waals surface area contributed by atoms with E-state index in [0.29, 0.717) is 12.2 Å². The molecule has 4 rings (SSSR count). The number of hydrogen-bond acceptors (Lipinski definition) is 12. The van der Waals surface area contributed by atoms with E-state index in [2.05, 4.69) is 0 Å². The second kappa shape index (κ2) is 13.9. The van der Waals surface area contributed by atoms with E-state index in [1.165, 1.54) is 13.8 Å². The molecule has 1 fully saturated rings. The van der Waals surface area contributed by atoms with Gasteiger partial charge in [0.15, 0.2) is 18.3 Å². The molecule has 0 bridgehead atoms. The zero-order valence-corrected chi connectivity index (χ0v) is 26.2. The van der Waals surface area contributed by atoms with Crippen LogP contribution in [0.15, 0.2) is 40.8 Å². The van der Waals surface area contributed by atoms with Gasteiger partial charge in [0.1, 0.15) is 35.9 Å². The van der Waals surface area contributed by atoms with Gasteiger partial charge < -0.3 is 32.8 Å². The van der Waals surface area contributed by atoms with Crippen LogP contribution in [0.25, 0.3) is 11.0 Å². The summed E-state index contributed by atoms with van der Waals surface area (Å²) in [5.74, 6) is -2.75. The minimum absolute atomic E-state index is 0.0863. The van der Waals surface area contributed by atoms with Gasteiger partial charge in [-0.3, -0.25) is 24.0 Å². The molecule has 12 heteroatoms. The molecule has 3 aromatic rings. The monoisotopic (exact) mass is 624 g/mol. The number of ether oxygens (including phenoxy) is 6. The maximum absolute atomic E-state index is 12.4. The molecule has 240 valence electrons. The number of furan rings is 1. The Morgan fingerprint density at radius 2 is 1.38 bits per heavy atom. The number of fused-ring (bicyclic) bond motifs is 1. The molecule has 2 heterocycles. The third kappa shape index (κ3) is 8.07. The Balaban J connectivity index is 1.84. The van der Waals surface area contributed by atoms with Gasteiger partial charge in [-0.25, -0.2) is 0 Å². The van der Waals surface area contributed by atoms with E-state index < -0.39 is 67.0 Å². The Morgan fingerprint density at radius 1 is 0.733 bits per heavy atom. The third-order valence-corrected chi connectivity index (χ3v) is 7.26. The summed E-state index contributed by atoms with van der Waals surface area (Å²) >= 11 is 0. The van der Waals surface area contributed by atoms with Crippen molar-refractivity contribution >= 4 is 40.8 Å². The molecule has 45 heavy (non-hydrogen) atoms. The van der Waals surface area contributed by atoms with Crippen LogP contribution < -0.4 is 4.74 Å². The fourth-order valence-corrected chi connectivity index (χ4v) is 5.34. The van der Waals surface area contributed by atoms with Gasteiger partial charge in [0.25, 0.3) is 0 Å². The van der Waals surface area contributed by atoms with Crippen molar-refractivity contribution in [1.29, 1.82) is 0 Å². The lowest BCUT2D eigenvalue weighted by atomic mass is 9.89. The Labute approximate surface area is 259 Å². The minimum Gasteiger partial charge on any atom is -0.463 e. The molecule has 5 atom stereocenters. The second-order valence-electron chi connectivity index (χ2n) is 10.9. The van der Waals surface area contributed by atoms with Gasteiger partial charge in [-0.15, -0.1) is 0 Å². The average Bonchev–Trinajstić information content (AvgIpc) is 3.35. The van der Waals surface area contributed by atoms with Gasteiger partial charge >= 0.3 is 29.8 Å². The highest BCUT2D eigenvalue weighted by Gasteiger charge is 2.53. The SMILES string of the molecule is CC(=O)OC[C@H]1O[C@@H](c2cc(Cc3cc4ccc(C)c(C)c4o3)ccc2OC(C)=O)[C@H](OC(C)=O)[C@@H](OC(C)=O)[C@@H]1OC(C)=O. The van der Waals surface area contributed by atoms with Gasteiger partial charge in [0, 0.05) is 52.0 Å². The highest BCUT2D eigenvalue weighted by molar-refractivity contribution is 5.82. The molecule has 0 radical (unpaired) electrons. The maximum atomic E-state index is 12.4. The van der Waals surface area contributed by atoms with E-state index >= 15 is 0 Å². The van der Waals surface area contributed by atoms with Crippen molar-refractivity contribution in [3.05, 3.63) is 64.4 Å². The van der Waals surface area contributed by atoms with Crippen molar-refractivity contribution in [3.8, 4) is 5.75 Å². The summed E-state index contributed by atoms with van der Waals surface area (Å²) in [6, 6.07) is 11.0. The summed E-state index contributed by atoms with van der Waals surface area (Å²) in [6.45, 7) is 9.45. The minimum atomic E-state index is -1.38.